The van der Waals surface area contributed by atoms with Gasteiger partial charge in [0.25, 0.3) is 0 Å². The zero-order valence-corrected chi connectivity index (χ0v) is 23.6. The van der Waals surface area contributed by atoms with Gasteiger partial charge in [0.15, 0.2) is 0 Å². The van der Waals surface area contributed by atoms with Crippen LogP contribution >= 0.6 is 11.6 Å². The van der Waals surface area contributed by atoms with Gasteiger partial charge in [-0.15, -0.1) is 0 Å². The number of allylic oxidation sites excluding steroid dienone is 1. The van der Waals surface area contributed by atoms with Crippen LogP contribution in [0.5, 0.6) is 5.88 Å². The van der Waals surface area contributed by atoms with Crippen LogP contribution in [0.25, 0.3) is 0 Å². The van der Waals surface area contributed by atoms with Crippen LogP contribution in [0.2, 0.25) is 5.02 Å². The summed E-state index contributed by atoms with van der Waals surface area (Å²) in [5.41, 5.74) is 3.43. The van der Waals surface area contributed by atoms with E-state index in [0.717, 1.165) is 49.7 Å². The number of halogens is 1. The molecule has 0 spiro atoms. The summed E-state index contributed by atoms with van der Waals surface area (Å²) in [5.74, 6) is 1.40. The third-order valence-electron chi connectivity index (χ3n) is 7.10. The Bertz CT molecular complexity index is 1350. The Kier molecular flexibility index (Phi) is 8.04. The van der Waals surface area contributed by atoms with Gasteiger partial charge in [-0.2, -0.15) is 9.97 Å². The Hall–Kier alpha value is -3.62. The van der Waals surface area contributed by atoms with E-state index in [9.17, 15) is 4.79 Å². The first kappa shape index (κ1) is 27.0. The fraction of sp³-hybridized carbons (Fsp3) is 0.367. The van der Waals surface area contributed by atoms with Gasteiger partial charge in [-0.25, -0.2) is 4.79 Å². The van der Waals surface area contributed by atoms with E-state index >= 15 is 0 Å². The second kappa shape index (κ2) is 11.6. The molecule has 0 saturated carbocycles. The Morgan fingerprint density at radius 1 is 1.05 bits per heavy atom. The first-order valence-corrected chi connectivity index (χ1v) is 13.6. The lowest BCUT2D eigenvalue weighted by Crippen LogP contribution is -2.47. The minimum Gasteiger partial charge on any atom is -0.463 e. The molecule has 2 aliphatic heterocycles. The minimum atomic E-state index is -0.460. The molecule has 204 valence electrons. The molecule has 0 amide bonds. The third-order valence-corrected chi connectivity index (χ3v) is 7.36. The van der Waals surface area contributed by atoms with Crippen LogP contribution in [-0.4, -0.2) is 67.7 Å². The van der Waals surface area contributed by atoms with Crippen LogP contribution in [0, 0.1) is 0 Å². The van der Waals surface area contributed by atoms with Crippen molar-refractivity contribution in [2.75, 3.05) is 56.7 Å². The standard InChI is InChI=1S/C30H34ClN5O3/c1-5-38-29(37)24-20(2)39-28-26(25(24)22-11-13-23(31)14-12-22)27(32-30(33-28)34(3)4)36-17-15-35(16-18-36)19-21-9-7-6-8-10-21/h6-14,25H,5,15-19H2,1-4H3. The van der Waals surface area contributed by atoms with Crippen molar-refractivity contribution in [1.82, 2.24) is 14.9 Å². The number of carbonyl (C=O) groups is 1. The van der Waals surface area contributed by atoms with Crippen molar-refractivity contribution in [2.24, 2.45) is 0 Å². The number of esters is 1. The molecule has 1 atom stereocenters. The molecule has 3 aromatic rings. The minimum absolute atomic E-state index is 0.266. The van der Waals surface area contributed by atoms with Crippen LogP contribution in [-0.2, 0) is 16.1 Å². The summed E-state index contributed by atoms with van der Waals surface area (Å²) in [6, 6.07) is 18.1. The maximum atomic E-state index is 13.3. The van der Waals surface area contributed by atoms with Crippen molar-refractivity contribution in [3.8, 4) is 5.88 Å². The quantitative estimate of drug-likeness (QED) is 0.388. The number of ether oxygens (including phenoxy) is 2. The van der Waals surface area contributed by atoms with E-state index in [4.69, 9.17) is 31.0 Å². The molecular formula is C30H34ClN5O3. The van der Waals surface area contributed by atoms with Crippen LogP contribution in [0.3, 0.4) is 0 Å². The molecule has 1 fully saturated rings. The van der Waals surface area contributed by atoms with Gasteiger partial charge in [0.2, 0.25) is 11.8 Å². The van der Waals surface area contributed by atoms with Gasteiger partial charge in [-0.1, -0.05) is 54.1 Å². The summed E-state index contributed by atoms with van der Waals surface area (Å²) < 4.78 is 11.7. The van der Waals surface area contributed by atoms with Crippen LogP contribution in [0.15, 0.2) is 65.9 Å². The van der Waals surface area contributed by atoms with Gasteiger partial charge in [0.1, 0.15) is 11.6 Å². The smallest absolute Gasteiger partial charge is 0.338 e. The number of fused-ring (bicyclic) bond motifs is 1. The topological polar surface area (TPSA) is 71.0 Å². The lowest BCUT2D eigenvalue weighted by molar-refractivity contribution is -0.139. The van der Waals surface area contributed by atoms with E-state index in [2.05, 4.69) is 34.1 Å². The maximum Gasteiger partial charge on any atom is 0.338 e. The van der Waals surface area contributed by atoms with Crippen molar-refractivity contribution >= 4 is 29.3 Å². The highest BCUT2D eigenvalue weighted by atomic mass is 35.5. The number of nitrogens with zero attached hydrogens (tertiary/aromatic N) is 5. The highest BCUT2D eigenvalue weighted by Gasteiger charge is 2.40. The van der Waals surface area contributed by atoms with Crippen molar-refractivity contribution in [3.63, 3.8) is 0 Å². The normalized spacial score (nSPS) is 17.5. The highest BCUT2D eigenvalue weighted by Crippen LogP contribution is 2.47. The van der Waals surface area contributed by atoms with E-state index in [-0.39, 0.29) is 6.61 Å². The molecule has 1 aromatic heterocycles. The molecule has 0 radical (unpaired) electrons. The zero-order chi connectivity index (χ0) is 27.5. The molecule has 3 heterocycles. The monoisotopic (exact) mass is 547 g/mol. The summed E-state index contributed by atoms with van der Waals surface area (Å²) in [6.07, 6.45) is 0. The van der Waals surface area contributed by atoms with Crippen LogP contribution in [0.1, 0.15) is 36.5 Å². The van der Waals surface area contributed by atoms with Crippen LogP contribution in [0.4, 0.5) is 11.8 Å². The molecular weight excluding hydrogens is 514 g/mol. The Morgan fingerprint density at radius 2 is 1.74 bits per heavy atom. The predicted octanol–water partition coefficient (Wildman–Crippen LogP) is 4.88. The molecule has 0 bridgehead atoms. The number of aromatic nitrogens is 2. The van der Waals surface area contributed by atoms with E-state index in [1.807, 2.05) is 49.3 Å². The van der Waals surface area contributed by atoms with E-state index in [1.165, 1.54) is 5.56 Å². The number of piperazine rings is 1. The number of hydrogen-bond donors (Lipinski definition) is 0. The second-order valence-electron chi connectivity index (χ2n) is 9.99. The fourth-order valence-corrected chi connectivity index (χ4v) is 5.29. The number of hydrogen-bond acceptors (Lipinski definition) is 8. The number of anilines is 2. The molecule has 1 saturated heterocycles. The van der Waals surface area contributed by atoms with Gasteiger partial charge in [0, 0.05) is 51.8 Å². The van der Waals surface area contributed by atoms with Gasteiger partial charge >= 0.3 is 5.97 Å². The van der Waals surface area contributed by atoms with Gasteiger partial charge in [-0.3, -0.25) is 4.90 Å². The first-order valence-electron chi connectivity index (χ1n) is 13.3. The maximum absolute atomic E-state index is 13.3. The van der Waals surface area contributed by atoms with Gasteiger partial charge in [-0.05, 0) is 37.1 Å². The van der Waals surface area contributed by atoms with E-state index in [0.29, 0.717) is 28.2 Å². The third kappa shape index (κ3) is 5.72. The van der Waals surface area contributed by atoms with Crippen molar-refractivity contribution in [2.45, 2.75) is 26.3 Å². The van der Waals surface area contributed by atoms with E-state index in [1.54, 1.807) is 13.8 Å². The molecule has 5 rings (SSSR count). The summed E-state index contributed by atoms with van der Waals surface area (Å²) in [4.78, 5) is 29.7. The van der Waals surface area contributed by atoms with Crippen molar-refractivity contribution < 1.29 is 14.3 Å². The van der Waals surface area contributed by atoms with Crippen molar-refractivity contribution in [3.05, 3.63) is 87.6 Å². The second-order valence-corrected chi connectivity index (χ2v) is 10.4. The van der Waals surface area contributed by atoms with Crippen molar-refractivity contribution in [1.29, 1.82) is 0 Å². The Morgan fingerprint density at radius 3 is 2.38 bits per heavy atom. The van der Waals surface area contributed by atoms with Gasteiger partial charge < -0.3 is 19.3 Å². The summed E-state index contributed by atoms with van der Waals surface area (Å²) in [7, 11) is 3.82. The molecule has 9 heteroatoms. The summed E-state index contributed by atoms with van der Waals surface area (Å²) in [5, 5.41) is 0.624. The average Bonchev–Trinajstić information content (AvgIpc) is 2.93. The van der Waals surface area contributed by atoms with E-state index < -0.39 is 11.9 Å². The zero-order valence-electron chi connectivity index (χ0n) is 22.9. The predicted molar refractivity (Wildman–Crippen MR) is 154 cm³/mol. The Balaban J connectivity index is 1.56. The lowest BCUT2D eigenvalue weighted by Gasteiger charge is -2.38. The molecule has 8 nitrogen and oxygen atoms in total. The fourth-order valence-electron chi connectivity index (χ4n) is 5.16. The molecule has 1 unspecified atom stereocenters. The number of carbonyl (C=O) groups excluding carboxylic acids is 1. The number of benzene rings is 2. The molecule has 0 aliphatic carbocycles. The lowest BCUT2D eigenvalue weighted by atomic mass is 9.83. The SMILES string of the molecule is CCOC(=O)C1=C(C)Oc2nc(N(C)C)nc(N3CCN(Cc4ccccc4)CC3)c2C1c1ccc(Cl)cc1. The summed E-state index contributed by atoms with van der Waals surface area (Å²) >= 11 is 6.24. The van der Waals surface area contributed by atoms with Gasteiger partial charge in [0.05, 0.1) is 23.7 Å². The molecule has 39 heavy (non-hydrogen) atoms. The first-order chi connectivity index (χ1) is 18.9. The molecule has 2 aromatic carbocycles. The molecule has 0 N–H and O–H groups in total. The summed E-state index contributed by atoms with van der Waals surface area (Å²) in [6.45, 7) is 8.11. The molecule has 2 aliphatic rings. The average molecular weight is 548 g/mol. The number of rotatable bonds is 7. The van der Waals surface area contributed by atoms with Crippen LogP contribution < -0.4 is 14.5 Å². The highest BCUT2D eigenvalue weighted by molar-refractivity contribution is 6.30. The largest absolute Gasteiger partial charge is 0.463 e. The Labute approximate surface area is 234 Å².